The van der Waals surface area contributed by atoms with Crippen LogP contribution in [0.3, 0.4) is 0 Å². The lowest BCUT2D eigenvalue weighted by Gasteiger charge is -2.13. The maximum absolute atomic E-state index is 12.8. The van der Waals surface area contributed by atoms with E-state index in [1.807, 2.05) is 0 Å². The van der Waals surface area contributed by atoms with Crippen molar-refractivity contribution in [3.8, 4) is 0 Å². The Labute approximate surface area is 119 Å². The summed E-state index contributed by atoms with van der Waals surface area (Å²) in [4.78, 5) is 7.49. The van der Waals surface area contributed by atoms with Crippen LogP contribution >= 0.6 is 0 Å². The van der Waals surface area contributed by atoms with Gasteiger partial charge >= 0.3 is 6.18 Å². The second kappa shape index (κ2) is 6.02. The molecule has 0 amide bonds. The molecule has 0 aliphatic rings. The Bertz CT molecular complexity index is 582. The third-order valence-electron chi connectivity index (χ3n) is 2.46. The van der Waals surface area contributed by atoms with Crippen molar-refractivity contribution in [2.75, 3.05) is 10.6 Å². The lowest BCUT2D eigenvalue weighted by molar-refractivity contribution is -0.141. The molecular weight excluding hydrogens is 285 g/mol. The number of furan rings is 1. The molecule has 2 rings (SSSR count). The number of nitrogens with one attached hydrogen (secondary N) is 2. The van der Waals surface area contributed by atoms with E-state index < -0.39 is 11.9 Å². The van der Waals surface area contributed by atoms with E-state index in [2.05, 4.69) is 20.6 Å². The van der Waals surface area contributed by atoms with E-state index in [1.54, 1.807) is 26.0 Å². The fourth-order valence-electron chi connectivity index (χ4n) is 1.60. The van der Waals surface area contributed by atoms with E-state index in [0.29, 0.717) is 5.76 Å². The largest absolute Gasteiger partial charge is 0.467 e. The topological polar surface area (TPSA) is 63.0 Å². The van der Waals surface area contributed by atoms with Gasteiger partial charge in [0.25, 0.3) is 0 Å². The first-order valence-corrected chi connectivity index (χ1v) is 6.33. The SMILES string of the molecule is CC(C)Nc1nc(NCc2ccco2)cc(C(F)(F)F)n1. The van der Waals surface area contributed by atoms with Crippen LogP contribution in [0.25, 0.3) is 0 Å². The van der Waals surface area contributed by atoms with Gasteiger partial charge < -0.3 is 15.1 Å². The van der Waals surface area contributed by atoms with Crippen molar-refractivity contribution in [1.29, 1.82) is 0 Å². The molecule has 0 radical (unpaired) electrons. The van der Waals surface area contributed by atoms with Crippen molar-refractivity contribution in [3.05, 3.63) is 35.9 Å². The van der Waals surface area contributed by atoms with Crippen molar-refractivity contribution in [3.63, 3.8) is 0 Å². The van der Waals surface area contributed by atoms with E-state index in [4.69, 9.17) is 4.42 Å². The second-order valence-electron chi connectivity index (χ2n) is 4.69. The third kappa shape index (κ3) is 4.37. The molecule has 114 valence electrons. The van der Waals surface area contributed by atoms with E-state index in [0.717, 1.165) is 6.07 Å². The van der Waals surface area contributed by atoms with Crippen LogP contribution in [-0.2, 0) is 12.7 Å². The summed E-state index contributed by atoms with van der Waals surface area (Å²) in [6.07, 6.45) is -3.04. The van der Waals surface area contributed by atoms with E-state index in [-0.39, 0.29) is 24.4 Å². The Balaban J connectivity index is 2.22. The molecule has 2 aromatic heterocycles. The van der Waals surface area contributed by atoms with Crippen molar-refractivity contribution in [2.24, 2.45) is 0 Å². The molecule has 0 atom stereocenters. The number of halogens is 3. The predicted octanol–water partition coefficient (Wildman–Crippen LogP) is 3.52. The van der Waals surface area contributed by atoms with Crippen LogP contribution in [0.2, 0.25) is 0 Å². The van der Waals surface area contributed by atoms with Gasteiger partial charge in [-0.15, -0.1) is 0 Å². The van der Waals surface area contributed by atoms with Gasteiger partial charge in [0.1, 0.15) is 11.6 Å². The van der Waals surface area contributed by atoms with Gasteiger partial charge in [-0.25, -0.2) is 4.98 Å². The van der Waals surface area contributed by atoms with Gasteiger partial charge in [0, 0.05) is 12.1 Å². The Morgan fingerprint density at radius 3 is 2.62 bits per heavy atom. The molecule has 5 nitrogen and oxygen atoms in total. The third-order valence-corrected chi connectivity index (χ3v) is 2.46. The quantitative estimate of drug-likeness (QED) is 0.884. The van der Waals surface area contributed by atoms with Crippen molar-refractivity contribution in [1.82, 2.24) is 9.97 Å². The Hall–Kier alpha value is -2.25. The van der Waals surface area contributed by atoms with Crippen LogP contribution in [0.1, 0.15) is 25.3 Å². The molecule has 2 N–H and O–H groups in total. The number of anilines is 2. The molecule has 2 aromatic rings. The van der Waals surface area contributed by atoms with Crippen molar-refractivity contribution >= 4 is 11.8 Å². The summed E-state index contributed by atoms with van der Waals surface area (Å²) in [6.45, 7) is 3.82. The number of rotatable bonds is 5. The first-order valence-electron chi connectivity index (χ1n) is 6.33. The van der Waals surface area contributed by atoms with Gasteiger partial charge in [-0.1, -0.05) is 0 Å². The number of nitrogens with zero attached hydrogens (tertiary/aromatic N) is 2. The number of hydrogen-bond acceptors (Lipinski definition) is 5. The maximum atomic E-state index is 12.8. The molecule has 8 heteroatoms. The summed E-state index contributed by atoms with van der Waals surface area (Å²) < 4.78 is 43.6. The smallest absolute Gasteiger partial charge is 0.433 e. The second-order valence-corrected chi connectivity index (χ2v) is 4.69. The van der Waals surface area contributed by atoms with Crippen LogP contribution in [0.5, 0.6) is 0 Å². The average Bonchev–Trinajstić information content (AvgIpc) is 2.87. The Morgan fingerprint density at radius 2 is 2.05 bits per heavy atom. The van der Waals surface area contributed by atoms with E-state index in [1.165, 1.54) is 6.26 Å². The summed E-state index contributed by atoms with van der Waals surface area (Å²) in [7, 11) is 0. The maximum Gasteiger partial charge on any atom is 0.433 e. The van der Waals surface area contributed by atoms with Crippen LogP contribution in [-0.4, -0.2) is 16.0 Å². The minimum atomic E-state index is -4.53. The fourth-order valence-corrected chi connectivity index (χ4v) is 1.60. The lowest BCUT2D eigenvalue weighted by atomic mass is 10.3. The summed E-state index contributed by atoms with van der Waals surface area (Å²) >= 11 is 0. The van der Waals surface area contributed by atoms with Crippen LogP contribution in [0.4, 0.5) is 24.9 Å². The highest BCUT2D eigenvalue weighted by Gasteiger charge is 2.33. The Morgan fingerprint density at radius 1 is 1.29 bits per heavy atom. The molecule has 0 aliphatic carbocycles. The molecule has 0 aromatic carbocycles. The van der Waals surface area contributed by atoms with Gasteiger partial charge in [-0.2, -0.15) is 18.2 Å². The highest BCUT2D eigenvalue weighted by atomic mass is 19.4. The van der Waals surface area contributed by atoms with Gasteiger partial charge in [0.2, 0.25) is 5.95 Å². The van der Waals surface area contributed by atoms with Gasteiger partial charge in [-0.05, 0) is 26.0 Å². The lowest BCUT2D eigenvalue weighted by Crippen LogP contribution is -2.17. The van der Waals surface area contributed by atoms with Crippen LogP contribution < -0.4 is 10.6 Å². The first-order chi connectivity index (χ1) is 9.84. The molecule has 0 spiro atoms. The Kier molecular flexibility index (Phi) is 4.35. The summed E-state index contributed by atoms with van der Waals surface area (Å²) in [5.41, 5.74) is -0.998. The van der Waals surface area contributed by atoms with E-state index >= 15 is 0 Å². The fraction of sp³-hybridized carbons (Fsp3) is 0.385. The average molecular weight is 300 g/mol. The number of alkyl halides is 3. The first kappa shape index (κ1) is 15.1. The molecule has 0 fully saturated rings. The standard InChI is InChI=1S/C13H15F3N4O/c1-8(2)18-12-19-10(13(14,15)16)6-11(20-12)17-7-9-4-3-5-21-9/h3-6,8H,7H2,1-2H3,(H2,17,18,19,20). The molecule has 0 bridgehead atoms. The zero-order valence-corrected chi connectivity index (χ0v) is 11.5. The van der Waals surface area contributed by atoms with Crippen molar-refractivity contribution < 1.29 is 17.6 Å². The molecule has 0 saturated carbocycles. The molecule has 2 heterocycles. The number of hydrogen-bond donors (Lipinski definition) is 2. The van der Waals surface area contributed by atoms with Crippen molar-refractivity contribution in [2.45, 2.75) is 32.6 Å². The molecule has 0 saturated heterocycles. The zero-order chi connectivity index (χ0) is 15.5. The summed E-state index contributed by atoms with van der Waals surface area (Å²) in [5.74, 6) is 0.610. The highest BCUT2D eigenvalue weighted by molar-refractivity contribution is 5.43. The highest BCUT2D eigenvalue weighted by Crippen LogP contribution is 2.29. The minimum absolute atomic E-state index is 0.0678. The van der Waals surface area contributed by atoms with Crippen LogP contribution in [0.15, 0.2) is 28.9 Å². The monoisotopic (exact) mass is 300 g/mol. The number of aromatic nitrogens is 2. The molecule has 0 aliphatic heterocycles. The van der Waals surface area contributed by atoms with Gasteiger partial charge in [-0.3, -0.25) is 0 Å². The molecular formula is C13H15F3N4O. The summed E-state index contributed by atoms with van der Waals surface area (Å²) in [6, 6.07) is 4.20. The molecule has 0 unspecified atom stereocenters. The summed E-state index contributed by atoms with van der Waals surface area (Å²) in [5, 5.41) is 5.55. The van der Waals surface area contributed by atoms with Gasteiger partial charge in [0.05, 0.1) is 12.8 Å². The zero-order valence-electron chi connectivity index (χ0n) is 11.5. The normalized spacial score (nSPS) is 11.7. The van der Waals surface area contributed by atoms with E-state index in [9.17, 15) is 13.2 Å². The van der Waals surface area contributed by atoms with Gasteiger partial charge in [0.15, 0.2) is 5.69 Å². The van der Waals surface area contributed by atoms with Crippen LogP contribution in [0, 0.1) is 0 Å². The predicted molar refractivity (Wildman–Crippen MR) is 71.8 cm³/mol. The minimum Gasteiger partial charge on any atom is -0.467 e. The molecule has 21 heavy (non-hydrogen) atoms.